The maximum absolute atomic E-state index is 12.9. The molecule has 4 aromatic rings. The lowest BCUT2D eigenvalue weighted by molar-refractivity contribution is -0.274. The number of hydrogen-bond acceptors (Lipinski definition) is 2. The molecular weight excluding hydrogens is 428 g/mol. The van der Waals surface area contributed by atoms with Crippen LogP contribution in [0.1, 0.15) is 15.9 Å². The zero-order valence-corrected chi connectivity index (χ0v) is 15.3. The summed E-state index contributed by atoms with van der Waals surface area (Å²) < 4.78 is 82.1. The standard InChI is InChI=1S/C21H11F6NO3/c22-20(23,24)12-2-4-13(5-3-12)28-17-7-1-11(19(29)30)9-15(17)16-10-14(6-8-18(16)28)31-21(25,26)27/h1-10H,(H,29,30). The van der Waals surface area contributed by atoms with Gasteiger partial charge < -0.3 is 14.4 Å². The van der Waals surface area contributed by atoms with Gasteiger partial charge in [-0.3, -0.25) is 0 Å². The van der Waals surface area contributed by atoms with Gasteiger partial charge in [-0.1, -0.05) is 0 Å². The molecule has 0 amide bonds. The molecule has 1 N–H and O–H groups in total. The quantitative estimate of drug-likeness (QED) is 0.376. The van der Waals surface area contributed by atoms with Crippen molar-refractivity contribution in [3.05, 3.63) is 71.8 Å². The molecule has 1 heterocycles. The van der Waals surface area contributed by atoms with E-state index in [1.54, 1.807) is 0 Å². The SMILES string of the molecule is O=C(O)c1ccc2c(c1)c1cc(OC(F)(F)F)ccc1n2-c1ccc(C(F)(F)F)cc1. The first-order valence-corrected chi connectivity index (χ1v) is 8.69. The highest BCUT2D eigenvalue weighted by Gasteiger charge is 2.32. The third kappa shape index (κ3) is 3.88. The van der Waals surface area contributed by atoms with Crippen LogP contribution >= 0.6 is 0 Å². The van der Waals surface area contributed by atoms with Crippen molar-refractivity contribution in [1.82, 2.24) is 4.57 Å². The zero-order valence-electron chi connectivity index (χ0n) is 15.3. The third-order valence-electron chi connectivity index (χ3n) is 4.67. The summed E-state index contributed by atoms with van der Waals surface area (Å²) in [6, 6.07) is 11.8. The van der Waals surface area contributed by atoms with Gasteiger partial charge in [-0.05, 0) is 60.7 Å². The number of carboxylic acid groups (broad SMARTS) is 1. The highest BCUT2D eigenvalue weighted by atomic mass is 19.4. The van der Waals surface area contributed by atoms with Gasteiger partial charge in [0, 0.05) is 16.5 Å². The first-order chi connectivity index (χ1) is 14.4. The second-order valence-corrected chi connectivity index (χ2v) is 6.64. The van der Waals surface area contributed by atoms with Gasteiger partial charge in [0.15, 0.2) is 0 Å². The predicted octanol–water partition coefficient (Wildman–Crippen LogP) is 6.40. The van der Waals surface area contributed by atoms with Crippen LogP contribution in [-0.4, -0.2) is 22.0 Å². The first kappa shape index (κ1) is 20.6. The van der Waals surface area contributed by atoms with E-state index in [4.69, 9.17) is 0 Å². The second-order valence-electron chi connectivity index (χ2n) is 6.64. The molecule has 0 spiro atoms. The fourth-order valence-electron chi connectivity index (χ4n) is 3.41. The molecule has 0 radical (unpaired) electrons. The maximum Gasteiger partial charge on any atom is 0.573 e. The van der Waals surface area contributed by atoms with Crippen molar-refractivity contribution in [2.45, 2.75) is 12.5 Å². The number of aromatic nitrogens is 1. The molecule has 0 saturated carbocycles. The van der Waals surface area contributed by atoms with Crippen molar-refractivity contribution in [3.63, 3.8) is 0 Å². The molecule has 4 rings (SSSR count). The highest BCUT2D eigenvalue weighted by Crippen LogP contribution is 2.37. The molecule has 4 nitrogen and oxygen atoms in total. The second kappa shape index (κ2) is 6.93. The van der Waals surface area contributed by atoms with E-state index in [1.807, 2.05) is 0 Å². The molecule has 0 aliphatic carbocycles. The van der Waals surface area contributed by atoms with Crippen LogP contribution in [0.3, 0.4) is 0 Å². The number of nitrogens with zero attached hydrogens (tertiary/aromatic N) is 1. The van der Waals surface area contributed by atoms with E-state index in [0.717, 1.165) is 24.3 Å². The Morgan fingerprint density at radius 1 is 0.806 bits per heavy atom. The topological polar surface area (TPSA) is 51.5 Å². The predicted molar refractivity (Wildman–Crippen MR) is 99.4 cm³/mol. The Bertz CT molecular complexity index is 1300. The molecule has 0 bridgehead atoms. The summed E-state index contributed by atoms with van der Waals surface area (Å²) in [6.45, 7) is 0. The monoisotopic (exact) mass is 439 g/mol. The van der Waals surface area contributed by atoms with E-state index in [9.17, 15) is 36.2 Å². The molecule has 160 valence electrons. The Balaban J connectivity index is 1.98. The van der Waals surface area contributed by atoms with Gasteiger partial charge >= 0.3 is 18.5 Å². The van der Waals surface area contributed by atoms with Crippen LogP contribution in [0.5, 0.6) is 5.75 Å². The van der Waals surface area contributed by atoms with E-state index in [1.165, 1.54) is 41.0 Å². The normalized spacial score (nSPS) is 12.5. The largest absolute Gasteiger partial charge is 0.573 e. The summed E-state index contributed by atoms with van der Waals surface area (Å²) in [5.41, 5.74) is 0.142. The minimum Gasteiger partial charge on any atom is -0.478 e. The molecule has 10 heteroatoms. The first-order valence-electron chi connectivity index (χ1n) is 8.69. The number of fused-ring (bicyclic) bond motifs is 3. The van der Waals surface area contributed by atoms with Crippen molar-refractivity contribution >= 4 is 27.8 Å². The summed E-state index contributed by atoms with van der Waals surface area (Å²) >= 11 is 0. The molecule has 0 aliphatic rings. The number of benzene rings is 3. The van der Waals surface area contributed by atoms with Crippen LogP contribution in [0.2, 0.25) is 0 Å². The number of alkyl halides is 6. The van der Waals surface area contributed by atoms with Crippen LogP contribution in [0.15, 0.2) is 60.7 Å². The molecular formula is C21H11F6NO3. The van der Waals surface area contributed by atoms with Gasteiger partial charge in [0.2, 0.25) is 0 Å². The van der Waals surface area contributed by atoms with Crippen LogP contribution in [0, 0.1) is 0 Å². The third-order valence-corrected chi connectivity index (χ3v) is 4.67. The van der Waals surface area contributed by atoms with Crippen LogP contribution < -0.4 is 4.74 Å². The van der Waals surface area contributed by atoms with Gasteiger partial charge in [-0.25, -0.2) is 4.79 Å². The fraction of sp³-hybridized carbons (Fsp3) is 0.0952. The molecule has 0 aliphatic heterocycles. The summed E-state index contributed by atoms with van der Waals surface area (Å²) in [7, 11) is 0. The van der Waals surface area contributed by atoms with Crippen LogP contribution in [0.4, 0.5) is 26.3 Å². The Morgan fingerprint density at radius 2 is 1.39 bits per heavy atom. The van der Waals surface area contributed by atoms with Gasteiger partial charge in [0.05, 0.1) is 22.2 Å². The average molecular weight is 439 g/mol. The Labute approximate surface area is 169 Å². The zero-order chi connectivity index (χ0) is 22.6. The minimum atomic E-state index is -4.92. The van der Waals surface area contributed by atoms with Crippen molar-refractivity contribution in [1.29, 1.82) is 0 Å². The van der Waals surface area contributed by atoms with Crippen LogP contribution in [0.25, 0.3) is 27.5 Å². The van der Waals surface area contributed by atoms with Gasteiger partial charge in [0.1, 0.15) is 5.75 Å². The van der Waals surface area contributed by atoms with Gasteiger partial charge in [-0.15, -0.1) is 13.2 Å². The molecule has 31 heavy (non-hydrogen) atoms. The Kier molecular flexibility index (Phi) is 4.60. The molecule has 0 unspecified atom stereocenters. The van der Waals surface area contributed by atoms with E-state index in [-0.39, 0.29) is 10.9 Å². The minimum absolute atomic E-state index is 0.0962. The molecule has 0 atom stereocenters. The number of aromatic carboxylic acids is 1. The number of rotatable bonds is 3. The number of carboxylic acids is 1. The van der Waals surface area contributed by atoms with E-state index in [0.29, 0.717) is 22.1 Å². The number of halogens is 6. The van der Waals surface area contributed by atoms with Crippen molar-refractivity contribution < 1.29 is 41.0 Å². The molecule has 1 aromatic heterocycles. The fourth-order valence-corrected chi connectivity index (χ4v) is 3.41. The smallest absolute Gasteiger partial charge is 0.478 e. The lowest BCUT2D eigenvalue weighted by Gasteiger charge is -2.11. The van der Waals surface area contributed by atoms with E-state index in [2.05, 4.69) is 4.74 Å². The number of hydrogen-bond donors (Lipinski definition) is 1. The Hall–Kier alpha value is -3.69. The van der Waals surface area contributed by atoms with Crippen molar-refractivity contribution in [2.75, 3.05) is 0 Å². The lowest BCUT2D eigenvalue weighted by atomic mass is 10.1. The molecule has 3 aromatic carbocycles. The average Bonchev–Trinajstić information content (AvgIpc) is 2.99. The maximum atomic E-state index is 12.9. The lowest BCUT2D eigenvalue weighted by Crippen LogP contribution is -2.16. The van der Waals surface area contributed by atoms with E-state index < -0.39 is 29.8 Å². The van der Waals surface area contributed by atoms with E-state index >= 15 is 0 Å². The summed E-state index contributed by atoms with van der Waals surface area (Å²) in [6.07, 6.45) is -9.45. The van der Waals surface area contributed by atoms with Crippen LogP contribution in [-0.2, 0) is 6.18 Å². The molecule has 0 fully saturated rings. The van der Waals surface area contributed by atoms with Gasteiger partial charge in [-0.2, -0.15) is 13.2 Å². The summed E-state index contributed by atoms with van der Waals surface area (Å²) in [5.74, 6) is -1.74. The van der Waals surface area contributed by atoms with Gasteiger partial charge in [0.25, 0.3) is 0 Å². The highest BCUT2D eigenvalue weighted by molar-refractivity contribution is 6.11. The number of carbonyl (C=O) groups is 1. The summed E-state index contributed by atoms with van der Waals surface area (Å²) in [4.78, 5) is 11.4. The summed E-state index contributed by atoms with van der Waals surface area (Å²) in [5, 5.41) is 9.83. The van der Waals surface area contributed by atoms with Crippen molar-refractivity contribution in [3.8, 4) is 11.4 Å². The Morgan fingerprint density at radius 3 is 1.94 bits per heavy atom. The van der Waals surface area contributed by atoms with Crippen molar-refractivity contribution in [2.24, 2.45) is 0 Å². The molecule has 0 saturated heterocycles. The number of ether oxygens (including phenoxy) is 1.